The Labute approximate surface area is 167 Å². The van der Waals surface area contributed by atoms with Gasteiger partial charge in [0.25, 0.3) is 5.91 Å². The van der Waals surface area contributed by atoms with Gasteiger partial charge in [-0.3, -0.25) is 14.3 Å². The molecule has 1 unspecified atom stereocenters. The predicted octanol–water partition coefficient (Wildman–Crippen LogP) is 2.47. The van der Waals surface area contributed by atoms with E-state index in [1.54, 1.807) is 25.2 Å². The summed E-state index contributed by atoms with van der Waals surface area (Å²) in [6, 6.07) is 14.7. The summed E-state index contributed by atoms with van der Waals surface area (Å²) in [5.74, 6) is -1.47. The molecule has 2 amide bonds. The number of amides is 2. The Kier molecular flexibility index (Phi) is 6.36. The summed E-state index contributed by atoms with van der Waals surface area (Å²) < 4.78 is 15.0. The molecule has 1 heterocycles. The molecule has 29 heavy (non-hydrogen) atoms. The second-order valence-corrected chi connectivity index (χ2v) is 6.56. The van der Waals surface area contributed by atoms with Crippen LogP contribution >= 0.6 is 0 Å². The molecule has 3 aromatic rings. The molecule has 0 aliphatic heterocycles. The molecule has 2 aromatic carbocycles. The van der Waals surface area contributed by atoms with Gasteiger partial charge in [-0.15, -0.1) is 0 Å². The van der Waals surface area contributed by atoms with E-state index in [-0.39, 0.29) is 24.6 Å². The van der Waals surface area contributed by atoms with Crippen LogP contribution in [-0.4, -0.2) is 45.2 Å². The van der Waals surface area contributed by atoms with Crippen molar-refractivity contribution in [2.75, 3.05) is 18.9 Å². The molecule has 0 aliphatic carbocycles. The number of nitrogens with one attached hydrogen (secondary N) is 1. The Balaban J connectivity index is 1.56. The zero-order chi connectivity index (χ0) is 20.8. The number of rotatable bonds is 7. The Morgan fingerprint density at radius 1 is 1.17 bits per heavy atom. The van der Waals surface area contributed by atoms with Crippen molar-refractivity contribution in [1.29, 1.82) is 0 Å². The number of hydrogen-bond acceptors (Lipinski definition) is 4. The lowest BCUT2D eigenvalue weighted by molar-refractivity contribution is -0.132. The van der Waals surface area contributed by atoms with Crippen molar-refractivity contribution in [2.24, 2.45) is 0 Å². The molecule has 1 aromatic heterocycles. The minimum absolute atomic E-state index is 0.0619. The summed E-state index contributed by atoms with van der Waals surface area (Å²) in [7, 11) is 1.60. The maximum atomic E-state index is 13.7. The van der Waals surface area contributed by atoms with Crippen LogP contribution in [0.3, 0.4) is 0 Å². The standard InChI is InChI=1S/C21H21FN4O3/c1-25(13-19(27)15-7-3-2-4-8-15)20(28)14-26-12-16(11-23-26)24-21(29)17-9-5-6-10-18(17)22/h2-12,19,27H,13-14H2,1H3,(H,24,29). The molecule has 3 rings (SSSR count). The molecule has 0 saturated carbocycles. The number of likely N-dealkylation sites (N-methyl/N-ethyl adjacent to an activating group) is 1. The van der Waals surface area contributed by atoms with Gasteiger partial charge in [-0.1, -0.05) is 42.5 Å². The number of nitrogens with zero attached hydrogens (tertiary/aromatic N) is 3. The number of anilines is 1. The van der Waals surface area contributed by atoms with E-state index in [0.717, 1.165) is 5.56 Å². The largest absolute Gasteiger partial charge is 0.387 e. The smallest absolute Gasteiger partial charge is 0.258 e. The van der Waals surface area contributed by atoms with Gasteiger partial charge in [0.15, 0.2) is 0 Å². The van der Waals surface area contributed by atoms with Crippen molar-refractivity contribution in [3.8, 4) is 0 Å². The Bertz CT molecular complexity index is 990. The molecule has 0 fully saturated rings. The maximum absolute atomic E-state index is 13.7. The van der Waals surface area contributed by atoms with E-state index in [2.05, 4.69) is 10.4 Å². The number of benzene rings is 2. The van der Waals surface area contributed by atoms with Gasteiger partial charge in [0, 0.05) is 13.2 Å². The number of aliphatic hydroxyl groups excluding tert-OH is 1. The van der Waals surface area contributed by atoms with Crippen molar-refractivity contribution in [3.05, 3.63) is 83.9 Å². The molecule has 0 aliphatic rings. The van der Waals surface area contributed by atoms with E-state index in [4.69, 9.17) is 0 Å². The lowest BCUT2D eigenvalue weighted by Gasteiger charge is -2.21. The first-order valence-electron chi connectivity index (χ1n) is 8.99. The van der Waals surface area contributed by atoms with Gasteiger partial charge in [0.2, 0.25) is 5.91 Å². The highest BCUT2D eigenvalue weighted by atomic mass is 19.1. The van der Waals surface area contributed by atoms with Gasteiger partial charge in [0.05, 0.1) is 30.1 Å². The van der Waals surface area contributed by atoms with Crippen molar-refractivity contribution < 1.29 is 19.1 Å². The number of halogens is 1. The normalized spacial score (nSPS) is 11.7. The summed E-state index contributed by atoms with van der Waals surface area (Å²) in [5, 5.41) is 16.8. The van der Waals surface area contributed by atoms with Gasteiger partial charge in [-0.25, -0.2) is 4.39 Å². The molecular weight excluding hydrogens is 375 g/mol. The minimum atomic E-state index is -0.793. The van der Waals surface area contributed by atoms with Gasteiger partial charge < -0.3 is 15.3 Å². The van der Waals surface area contributed by atoms with Crippen molar-refractivity contribution >= 4 is 17.5 Å². The van der Waals surface area contributed by atoms with Crippen LogP contribution in [0.15, 0.2) is 67.0 Å². The van der Waals surface area contributed by atoms with E-state index in [1.807, 2.05) is 18.2 Å². The summed E-state index contributed by atoms with van der Waals surface area (Å²) in [6.45, 7) is 0.0779. The van der Waals surface area contributed by atoms with E-state index in [0.29, 0.717) is 5.69 Å². The third-order valence-corrected chi connectivity index (χ3v) is 4.36. The average Bonchev–Trinajstić information content (AvgIpc) is 3.15. The molecule has 0 spiro atoms. The molecule has 7 nitrogen and oxygen atoms in total. The third-order valence-electron chi connectivity index (χ3n) is 4.36. The van der Waals surface area contributed by atoms with Crippen molar-refractivity contribution in [3.63, 3.8) is 0 Å². The summed E-state index contributed by atoms with van der Waals surface area (Å²) >= 11 is 0. The average molecular weight is 396 g/mol. The third kappa shape index (κ3) is 5.26. The topological polar surface area (TPSA) is 87.5 Å². The van der Waals surface area contributed by atoms with Crippen LogP contribution in [0.25, 0.3) is 0 Å². The molecule has 0 radical (unpaired) electrons. The second kappa shape index (κ2) is 9.11. The highest BCUT2D eigenvalue weighted by Gasteiger charge is 2.17. The Hall–Kier alpha value is -3.52. The van der Waals surface area contributed by atoms with Gasteiger partial charge in [-0.2, -0.15) is 5.10 Å². The number of carbonyl (C=O) groups excluding carboxylic acids is 2. The zero-order valence-corrected chi connectivity index (χ0v) is 15.8. The van der Waals surface area contributed by atoms with Crippen LogP contribution in [0.5, 0.6) is 0 Å². The van der Waals surface area contributed by atoms with Crippen LogP contribution in [0.2, 0.25) is 0 Å². The first-order valence-corrected chi connectivity index (χ1v) is 8.99. The monoisotopic (exact) mass is 396 g/mol. The predicted molar refractivity (Wildman–Crippen MR) is 106 cm³/mol. The summed E-state index contributed by atoms with van der Waals surface area (Å²) in [4.78, 5) is 25.9. The van der Waals surface area contributed by atoms with Crippen LogP contribution in [-0.2, 0) is 11.3 Å². The molecule has 0 bridgehead atoms. The lowest BCUT2D eigenvalue weighted by Crippen LogP contribution is -2.33. The van der Waals surface area contributed by atoms with E-state index >= 15 is 0 Å². The highest BCUT2D eigenvalue weighted by molar-refractivity contribution is 6.04. The van der Waals surface area contributed by atoms with E-state index in [1.165, 1.54) is 40.2 Å². The maximum Gasteiger partial charge on any atom is 0.258 e. The quantitative estimate of drug-likeness (QED) is 0.642. The first-order chi connectivity index (χ1) is 13.9. The fourth-order valence-electron chi connectivity index (χ4n) is 2.76. The van der Waals surface area contributed by atoms with Crippen LogP contribution in [0, 0.1) is 5.82 Å². The fraction of sp³-hybridized carbons (Fsp3) is 0.190. The summed E-state index contributed by atoms with van der Waals surface area (Å²) in [6.07, 6.45) is 2.07. The van der Waals surface area contributed by atoms with Gasteiger partial charge in [0.1, 0.15) is 12.4 Å². The van der Waals surface area contributed by atoms with Gasteiger partial charge >= 0.3 is 0 Å². The van der Waals surface area contributed by atoms with Crippen LogP contribution in [0.1, 0.15) is 22.0 Å². The van der Waals surface area contributed by atoms with Crippen LogP contribution < -0.4 is 5.32 Å². The summed E-state index contributed by atoms with van der Waals surface area (Å²) in [5.41, 5.74) is 0.994. The van der Waals surface area contributed by atoms with Crippen molar-refractivity contribution in [2.45, 2.75) is 12.6 Å². The molecule has 0 saturated heterocycles. The van der Waals surface area contributed by atoms with Crippen LogP contribution in [0.4, 0.5) is 10.1 Å². The van der Waals surface area contributed by atoms with Crippen molar-refractivity contribution in [1.82, 2.24) is 14.7 Å². The zero-order valence-electron chi connectivity index (χ0n) is 15.8. The van der Waals surface area contributed by atoms with Gasteiger partial charge in [-0.05, 0) is 17.7 Å². The highest BCUT2D eigenvalue weighted by Crippen LogP contribution is 2.14. The second-order valence-electron chi connectivity index (χ2n) is 6.56. The van der Waals surface area contributed by atoms with E-state index in [9.17, 15) is 19.1 Å². The number of aromatic nitrogens is 2. The lowest BCUT2D eigenvalue weighted by atomic mass is 10.1. The molecular formula is C21H21FN4O3. The molecule has 8 heteroatoms. The SMILES string of the molecule is CN(CC(O)c1ccccc1)C(=O)Cn1cc(NC(=O)c2ccccc2F)cn1. The molecule has 1 atom stereocenters. The number of carbonyl (C=O) groups is 2. The minimum Gasteiger partial charge on any atom is -0.387 e. The molecule has 2 N–H and O–H groups in total. The number of aliphatic hydroxyl groups is 1. The number of hydrogen-bond donors (Lipinski definition) is 2. The van der Waals surface area contributed by atoms with E-state index < -0.39 is 17.8 Å². The first kappa shape index (κ1) is 20.2. The fourth-order valence-corrected chi connectivity index (χ4v) is 2.76. The Morgan fingerprint density at radius 3 is 2.59 bits per heavy atom. The Morgan fingerprint density at radius 2 is 1.86 bits per heavy atom. The molecule has 150 valence electrons.